The second-order valence-electron chi connectivity index (χ2n) is 6.32. The largest absolute Gasteiger partial charge is 0.467 e. The lowest BCUT2D eigenvalue weighted by molar-refractivity contribution is -0.119. The van der Waals surface area contributed by atoms with E-state index in [2.05, 4.69) is 15.5 Å². The first-order valence-corrected chi connectivity index (χ1v) is 9.66. The molecule has 0 aliphatic carbocycles. The van der Waals surface area contributed by atoms with Crippen LogP contribution in [0.2, 0.25) is 0 Å². The van der Waals surface area contributed by atoms with E-state index in [-0.39, 0.29) is 24.2 Å². The highest BCUT2D eigenvalue weighted by Gasteiger charge is 2.18. The van der Waals surface area contributed by atoms with Gasteiger partial charge in [0.2, 0.25) is 11.8 Å². The molecule has 2 amide bonds. The summed E-state index contributed by atoms with van der Waals surface area (Å²) >= 11 is 1.19. The van der Waals surface area contributed by atoms with Gasteiger partial charge in [0, 0.05) is 5.56 Å². The topological polar surface area (TPSA) is 116 Å². The van der Waals surface area contributed by atoms with E-state index in [1.54, 1.807) is 23.0 Å². The molecule has 0 unspecified atom stereocenters. The molecule has 3 rings (SSSR count). The van der Waals surface area contributed by atoms with Gasteiger partial charge in [-0.1, -0.05) is 35.5 Å². The van der Waals surface area contributed by atoms with Gasteiger partial charge in [0.05, 0.1) is 18.1 Å². The summed E-state index contributed by atoms with van der Waals surface area (Å²) in [5.74, 6) is 0.646. The molecule has 1 atom stereocenters. The van der Waals surface area contributed by atoms with Gasteiger partial charge in [-0.05, 0) is 32.0 Å². The monoisotopic (exact) mass is 399 g/mol. The van der Waals surface area contributed by atoms with Crippen LogP contribution in [0.25, 0.3) is 11.4 Å². The number of nitrogens with zero attached hydrogens (tertiary/aromatic N) is 3. The number of nitrogens with one attached hydrogen (secondary N) is 1. The van der Waals surface area contributed by atoms with Crippen LogP contribution in [-0.2, 0) is 16.1 Å². The lowest BCUT2D eigenvalue weighted by Crippen LogP contribution is -2.28. The molecule has 0 radical (unpaired) electrons. The summed E-state index contributed by atoms with van der Waals surface area (Å²) in [6.07, 6.45) is 1.56. The van der Waals surface area contributed by atoms with Crippen LogP contribution in [0.4, 0.5) is 0 Å². The fraction of sp³-hybridized carbons (Fsp3) is 0.263. The number of nitrogens with two attached hydrogens (primary N) is 1. The van der Waals surface area contributed by atoms with Gasteiger partial charge in [-0.15, -0.1) is 10.2 Å². The summed E-state index contributed by atoms with van der Waals surface area (Å²) in [5.41, 5.74) is 7.28. The summed E-state index contributed by atoms with van der Waals surface area (Å²) < 4.78 is 6.91. The Morgan fingerprint density at radius 3 is 2.79 bits per heavy atom. The minimum absolute atomic E-state index is 0.0664. The van der Waals surface area contributed by atoms with Gasteiger partial charge >= 0.3 is 0 Å². The molecule has 2 aromatic heterocycles. The van der Waals surface area contributed by atoms with Crippen molar-refractivity contribution < 1.29 is 14.0 Å². The van der Waals surface area contributed by atoms with Crippen molar-refractivity contribution in [3.63, 3.8) is 0 Å². The van der Waals surface area contributed by atoms with Gasteiger partial charge in [0.15, 0.2) is 11.0 Å². The second-order valence-corrected chi connectivity index (χ2v) is 7.26. The lowest BCUT2D eigenvalue weighted by atomic mass is 10.1. The number of thioether (sulfide) groups is 1. The Hall–Kier alpha value is -3.07. The first kappa shape index (κ1) is 19.7. The number of furan rings is 1. The van der Waals surface area contributed by atoms with E-state index in [0.717, 1.165) is 11.1 Å². The zero-order valence-electron chi connectivity index (χ0n) is 15.6. The Morgan fingerprint density at radius 1 is 1.29 bits per heavy atom. The smallest absolute Gasteiger partial charge is 0.237 e. The molecule has 3 aromatic rings. The first-order chi connectivity index (χ1) is 13.4. The lowest BCUT2D eigenvalue weighted by Gasteiger charge is -2.11. The maximum Gasteiger partial charge on any atom is 0.237 e. The second kappa shape index (κ2) is 8.75. The Bertz CT molecular complexity index is 968. The van der Waals surface area contributed by atoms with Crippen LogP contribution in [0.1, 0.15) is 24.3 Å². The molecule has 9 heteroatoms. The van der Waals surface area contributed by atoms with E-state index < -0.39 is 5.91 Å². The molecule has 0 aliphatic rings. The van der Waals surface area contributed by atoms with Crippen molar-refractivity contribution in [2.24, 2.45) is 5.73 Å². The van der Waals surface area contributed by atoms with Crippen LogP contribution in [-0.4, -0.2) is 32.3 Å². The van der Waals surface area contributed by atoms with Crippen molar-refractivity contribution in [1.82, 2.24) is 20.1 Å². The van der Waals surface area contributed by atoms with E-state index >= 15 is 0 Å². The van der Waals surface area contributed by atoms with Crippen molar-refractivity contribution >= 4 is 23.6 Å². The predicted molar refractivity (Wildman–Crippen MR) is 105 cm³/mol. The molecule has 3 N–H and O–H groups in total. The Balaban J connectivity index is 1.72. The quantitative estimate of drug-likeness (QED) is 0.562. The minimum Gasteiger partial charge on any atom is -0.467 e. The number of primary amides is 1. The van der Waals surface area contributed by atoms with Crippen LogP contribution in [0, 0.1) is 6.92 Å². The van der Waals surface area contributed by atoms with Crippen LogP contribution in [0.5, 0.6) is 0 Å². The maximum atomic E-state index is 12.3. The summed E-state index contributed by atoms with van der Waals surface area (Å²) in [6.45, 7) is 3.74. The average Bonchev–Trinajstić information content (AvgIpc) is 3.30. The molecule has 2 heterocycles. The molecule has 28 heavy (non-hydrogen) atoms. The van der Waals surface area contributed by atoms with E-state index in [1.807, 2.05) is 38.1 Å². The number of hydrogen-bond acceptors (Lipinski definition) is 6. The third-order valence-electron chi connectivity index (χ3n) is 3.99. The van der Waals surface area contributed by atoms with Crippen LogP contribution < -0.4 is 11.1 Å². The van der Waals surface area contributed by atoms with Gasteiger partial charge in [0.1, 0.15) is 12.3 Å². The standard InChI is InChI=1S/C19H21N5O3S/c1-12-5-3-6-14(9-12)18-22-23-19(24(18)10-16(20)25)28-11-17(26)21-13(2)15-7-4-8-27-15/h3-9,13H,10-11H2,1-2H3,(H2,20,25)(H,21,26)/t13-/m0/s1. The molecule has 8 nitrogen and oxygen atoms in total. The number of carbonyl (C=O) groups is 2. The highest BCUT2D eigenvalue weighted by Crippen LogP contribution is 2.24. The van der Waals surface area contributed by atoms with Crippen molar-refractivity contribution in [3.8, 4) is 11.4 Å². The SMILES string of the molecule is Cc1cccc(-c2nnc(SCC(=O)N[C@@H](C)c3ccco3)n2CC(N)=O)c1. The zero-order chi connectivity index (χ0) is 20.1. The Labute approximate surface area is 166 Å². The Morgan fingerprint density at radius 2 is 2.11 bits per heavy atom. The van der Waals surface area contributed by atoms with Crippen LogP contribution in [0.15, 0.2) is 52.2 Å². The number of rotatable bonds is 8. The minimum atomic E-state index is -0.508. The molecular formula is C19H21N5O3S. The van der Waals surface area contributed by atoms with Gasteiger partial charge in [-0.3, -0.25) is 14.2 Å². The van der Waals surface area contributed by atoms with Crippen molar-refractivity contribution in [1.29, 1.82) is 0 Å². The van der Waals surface area contributed by atoms with Crippen molar-refractivity contribution in [2.75, 3.05) is 5.75 Å². The third kappa shape index (κ3) is 4.80. The summed E-state index contributed by atoms with van der Waals surface area (Å²) in [6, 6.07) is 11.0. The highest BCUT2D eigenvalue weighted by molar-refractivity contribution is 7.99. The van der Waals surface area contributed by atoms with Gasteiger partial charge in [0.25, 0.3) is 0 Å². The first-order valence-electron chi connectivity index (χ1n) is 8.68. The number of hydrogen-bond donors (Lipinski definition) is 2. The van der Waals surface area contributed by atoms with E-state index in [4.69, 9.17) is 10.2 Å². The zero-order valence-corrected chi connectivity index (χ0v) is 16.4. The number of carbonyl (C=O) groups excluding carboxylic acids is 2. The summed E-state index contributed by atoms with van der Waals surface area (Å²) in [5, 5.41) is 11.7. The molecule has 0 bridgehead atoms. The van der Waals surface area contributed by atoms with Gasteiger partial charge in [-0.2, -0.15) is 0 Å². The molecule has 1 aromatic carbocycles. The van der Waals surface area contributed by atoms with Gasteiger partial charge < -0.3 is 15.5 Å². The summed E-state index contributed by atoms with van der Waals surface area (Å²) in [7, 11) is 0. The molecule has 0 fully saturated rings. The molecule has 146 valence electrons. The fourth-order valence-electron chi connectivity index (χ4n) is 2.71. The Kier molecular flexibility index (Phi) is 6.15. The van der Waals surface area contributed by atoms with Crippen LogP contribution in [0.3, 0.4) is 0 Å². The summed E-state index contributed by atoms with van der Waals surface area (Å²) in [4.78, 5) is 23.8. The highest BCUT2D eigenvalue weighted by atomic mass is 32.2. The molecular weight excluding hydrogens is 378 g/mol. The van der Waals surface area contributed by atoms with E-state index in [1.165, 1.54) is 11.8 Å². The number of amides is 2. The van der Waals surface area contributed by atoms with Crippen molar-refractivity contribution in [3.05, 3.63) is 54.0 Å². The van der Waals surface area contributed by atoms with E-state index in [9.17, 15) is 9.59 Å². The molecule has 0 saturated heterocycles. The average molecular weight is 399 g/mol. The van der Waals surface area contributed by atoms with E-state index in [0.29, 0.717) is 16.7 Å². The fourth-order valence-corrected chi connectivity index (χ4v) is 3.46. The van der Waals surface area contributed by atoms with Gasteiger partial charge in [-0.25, -0.2) is 0 Å². The third-order valence-corrected chi connectivity index (χ3v) is 4.95. The van der Waals surface area contributed by atoms with Crippen LogP contribution >= 0.6 is 11.8 Å². The maximum absolute atomic E-state index is 12.3. The number of benzene rings is 1. The molecule has 0 spiro atoms. The number of aromatic nitrogens is 3. The predicted octanol–water partition coefficient (Wildman–Crippen LogP) is 2.30. The molecule has 0 saturated carbocycles. The normalized spacial score (nSPS) is 11.9. The van der Waals surface area contributed by atoms with Crippen molar-refractivity contribution in [2.45, 2.75) is 31.6 Å². The molecule has 0 aliphatic heterocycles. The number of aryl methyl sites for hydroxylation is 1.